The molecule has 0 spiro atoms. The minimum atomic E-state index is 0.0668. The maximum atomic E-state index is 6.23. The van der Waals surface area contributed by atoms with Crippen molar-refractivity contribution in [3.8, 4) is 0 Å². The van der Waals surface area contributed by atoms with Crippen LogP contribution in [0.5, 0.6) is 0 Å². The Kier molecular flexibility index (Phi) is 6.07. The van der Waals surface area contributed by atoms with Crippen LogP contribution in [0.1, 0.15) is 45.4 Å². The van der Waals surface area contributed by atoms with Crippen LogP contribution < -0.4 is 5.73 Å². The van der Waals surface area contributed by atoms with Crippen molar-refractivity contribution in [3.05, 3.63) is 0 Å². The topological polar surface area (TPSA) is 53.7 Å². The second-order valence-corrected chi connectivity index (χ2v) is 5.97. The third-order valence-corrected chi connectivity index (χ3v) is 4.57. The summed E-state index contributed by atoms with van der Waals surface area (Å²) in [4.78, 5) is 0. The van der Waals surface area contributed by atoms with Gasteiger partial charge in [0.15, 0.2) is 0 Å². The molecule has 2 aliphatic carbocycles. The first-order valence-electron chi connectivity index (χ1n) is 7.76. The third-order valence-electron chi connectivity index (χ3n) is 4.57. The van der Waals surface area contributed by atoms with Crippen LogP contribution in [0.3, 0.4) is 0 Å². The molecule has 2 N–H and O–H groups in total. The van der Waals surface area contributed by atoms with Crippen molar-refractivity contribution in [2.75, 3.05) is 20.3 Å². The first kappa shape index (κ1) is 15.2. The van der Waals surface area contributed by atoms with Crippen molar-refractivity contribution in [1.29, 1.82) is 0 Å². The van der Waals surface area contributed by atoms with E-state index in [0.29, 0.717) is 19.3 Å². The molecule has 4 nitrogen and oxygen atoms in total. The zero-order chi connectivity index (χ0) is 13.7. The second kappa shape index (κ2) is 7.58. The Balaban J connectivity index is 1.72. The minimum absolute atomic E-state index is 0.0668. The monoisotopic (exact) mass is 271 g/mol. The molecule has 5 unspecified atom stereocenters. The van der Waals surface area contributed by atoms with Gasteiger partial charge in [-0.3, -0.25) is 0 Å². The Hall–Kier alpha value is -0.160. The summed E-state index contributed by atoms with van der Waals surface area (Å²) in [6.07, 6.45) is 7.99. The molecular weight excluding hydrogens is 242 g/mol. The predicted octanol–water partition coefficient (Wildman–Crippen LogP) is 2.10. The highest BCUT2D eigenvalue weighted by atomic mass is 16.6. The molecule has 0 amide bonds. The lowest BCUT2D eigenvalue weighted by Crippen LogP contribution is -2.59. The van der Waals surface area contributed by atoms with E-state index in [1.165, 1.54) is 32.1 Å². The summed E-state index contributed by atoms with van der Waals surface area (Å²) in [5.41, 5.74) is 6.01. The molecule has 0 aliphatic heterocycles. The molecular formula is C15H29NO3. The lowest BCUT2D eigenvalue weighted by Gasteiger charge is -2.44. The molecule has 2 rings (SSSR count). The molecule has 0 aromatic rings. The highest BCUT2D eigenvalue weighted by Gasteiger charge is 2.42. The summed E-state index contributed by atoms with van der Waals surface area (Å²) in [6, 6.07) is 0.132. The van der Waals surface area contributed by atoms with E-state index < -0.39 is 0 Å². The van der Waals surface area contributed by atoms with Crippen LogP contribution in [0, 0.1) is 5.92 Å². The van der Waals surface area contributed by atoms with E-state index >= 15 is 0 Å². The van der Waals surface area contributed by atoms with E-state index in [0.717, 1.165) is 12.3 Å². The highest BCUT2D eigenvalue weighted by Crippen LogP contribution is 2.33. The van der Waals surface area contributed by atoms with Crippen LogP contribution in [0.2, 0.25) is 0 Å². The number of methoxy groups -OCH3 is 1. The Labute approximate surface area is 117 Å². The number of hydrogen-bond acceptors (Lipinski definition) is 4. The van der Waals surface area contributed by atoms with Crippen LogP contribution in [-0.2, 0) is 14.2 Å². The Morgan fingerprint density at radius 3 is 2.68 bits per heavy atom. The molecule has 0 aromatic heterocycles. The van der Waals surface area contributed by atoms with E-state index in [4.69, 9.17) is 19.9 Å². The van der Waals surface area contributed by atoms with Gasteiger partial charge >= 0.3 is 0 Å². The van der Waals surface area contributed by atoms with Gasteiger partial charge < -0.3 is 19.9 Å². The molecule has 0 bridgehead atoms. The van der Waals surface area contributed by atoms with Gasteiger partial charge in [0.2, 0.25) is 0 Å². The lowest BCUT2D eigenvalue weighted by molar-refractivity contribution is -0.172. The summed E-state index contributed by atoms with van der Waals surface area (Å²) >= 11 is 0. The molecule has 0 heterocycles. The van der Waals surface area contributed by atoms with E-state index in [-0.39, 0.29) is 18.2 Å². The molecule has 112 valence electrons. The van der Waals surface area contributed by atoms with Crippen LogP contribution in [0.15, 0.2) is 0 Å². The molecule has 0 aromatic carbocycles. The van der Waals surface area contributed by atoms with Crippen molar-refractivity contribution < 1.29 is 14.2 Å². The van der Waals surface area contributed by atoms with Crippen molar-refractivity contribution >= 4 is 0 Å². The molecule has 2 fully saturated rings. The van der Waals surface area contributed by atoms with Crippen LogP contribution in [0.25, 0.3) is 0 Å². The SMILES string of the molecule is CCC1CCCC(OC2CC(N)C2OCCOC)C1. The molecule has 5 atom stereocenters. The van der Waals surface area contributed by atoms with E-state index in [2.05, 4.69) is 6.92 Å². The van der Waals surface area contributed by atoms with Crippen LogP contribution in [-0.4, -0.2) is 44.7 Å². The van der Waals surface area contributed by atoms with E-state index in [1.54, 1.807) is 7.11 Å². The zero-order valence-electron chi connectivity index (χ0n) is 12.3. The quantitative estimate of drug-likeness (QED) is 0.721. The van der Waals surface area contributed by atoms with Crippen molar-refractivity contribution in [2.24, 2.45) is 11.7 Å². The van der Waals surface area contributed by atoms with Gasteiger partial charge in [-0.25, -0.2) is 0 Å². The number of rotatable bonds is 7. The molecule has 2 saturated carbocycles. The van der Waals surface area contributed by atoms with Gasteiger partial charge in [-0.05, 0) is 25.2 Å². The van der Waals surface area contributed by atoms with Crippen molar-refractivity contribution in [1.82, 2.24) is 0 Å². The van der Waals surface area contributed by atoms with Gasteiger partial charge in [0.1, 0.15) is 0 Å². The zero-order valence-corrected chi connectivity index (χ0v) is 12.3. The predicted molar refractivity (Wildman–Crippen MR) is 75.1 cm³/mol. The Morgan fingerprint density at radius 2 is 2.00 bits per heavy atom. The van der Waals surface area contributed by atoms with Crippen LogP contribution >= 0.6 is 0 Å². The standard InChI is InChI=1S/C15H29NO3/c1-3-11-5-4-6-12(9-11)19-14-10-13(16)15(14)18-8-7-17-2/h11-15H,3-10,16H2,1-2H3. The summed E-state index contributed by atoms with van der Waals surface area (Å²) in [6.45, 7) is 3.51. The van der Waals surface area contributed by atoms with Gasteiger partial charge in [0.05, 0.1) is 31.5 Å². The highest BCUT2D eigenvalue weighted by molar-refractivity contribution is 4.96. The summed E-state index contributed by atoms with van der Waals surface area (Å²) < 4.78 is 17.0. The third kappa shape index (κ3) is 4.15. The summed E-state index contributed by atoms with van der Waals surface area (Å²) in [5.74, 6) is 0.848. The van der Waals surface area contributed by atoms with Crippen LogP contribution in [0.4, 0.5) is 0 Å². The molecule has 4 heteroatoms. The largest absolute Gasteiger partial charge is 0.382 e. The Morgan fingerprint density at radius 1 is 1.16 bits per heavy atom. The fourth-order valence-electron chi connectivity index (χ4n) is 3.23. The summed E-state index contributed by atoms with van der Waals surface area (Å²) in [7, 11) is 1.69. The van der Waals surface area contributed by atoms with Crippen molar-refractivity contribution in [2.45, 2.75) is 69.8 Å². The molecule has 19 heavy (non-hydrogen) atoms. The molecule has 0 saturated heterocycles. The van der Waals surface area contributed by atoms with E-state index in [1.807, 2.05) is 0 Å². The maximum Gasteiger partial charge on any atom is 0.0989 e. The lowest BCUT2D eigenvalue weighted by atomic mass is 9.83. The fourth-order valence-corrected chi connectivity index (χ4v) is 3.23. The number of ether oxygens (including phenoxy) is 3. The first-order valence-corrected chi connectivity index (χ1v) is 7.76. The number of hydrogen-bond donors (Lipinski definition) is 1. The molecule has 2 aliphatic rings. The van der Waals surface area contributed by atoms with Crippen molar-refractivity contribution in [3.63, 3.8) is 0 Å². The van der Waals surface area contributed by atoms with Gasteiger partial charge in [0, 0.05) is 13.2 Å². The first-order chi connectivity index (χ1) is 9.24. The normalized spacial score (nSPS) is 39.0. The van der Waals surface area contributed by atoms with Gasteiger partial charge in [0.25, 0.3) is 0 Å². The van der Waals surface area contributed by atoms with Gasteiger partial charge in [-0.1, -0.05) is 26.2 Å². The Bertz CT molecular complexity index is 262. The summed E-state index contributed by atoms with van der Waals surface area (Å²) in [5, 5.41) is 0. The number of nitrogens with two attached hydrogens (primary N) is 1. The van der Waals surface area contributed by atoms with Gasteiger partial charge in [-0.2, -0.15) is 0 Å². The second-order valence-electron chi connectivity index (χ2n) is 5.97. The average Bonchev–Trinajstić information content (AvgIpc) is 2.43. The smallest absolute Gasteiger partial charge is 0.0989 e. The molecule has 0 radical (unpaired) electrons. The van der Waals surface area contributed by atoms with E-state index in [9.17, 15) is 0 Å². The van der Waals surface area contributed by atoms with Gasteiger partial charge in [-0.15, -0.1) is 0 Å². The average molecular weight is 271 g/mol. The maximum absolute atomic E-state index is 6.23. The minimum Gasteiger partial charge on any atom is -0.382 e. The fraction of sp³-hybridized carbons (Fsp3) is 1.00.